The van der Waals surface area contributed by atoms with E-state index in [1.54, 1.807) is 0 Å². The molecular weight excluding hydrogens is 166 g/mol. The number of hydrogen-bond donors (Lipinski definition) is 2. The van der Waals surface area contributed by atoms with Crippen LogP contribution in [0.1, 0.15) is 39.0 Å². The van der Waals surface area contributed by atoms with Gasteiger partial charge in [-0.2, -0.15) is 0 Å². The SMILES string of the molecule is CCCC1(CC(CN)C(=O)O)CC1. The summed E-state index contributed by atoms with van der Waals surface area (Å²) in [5.41, 5.74) is 5.77. The van der Waals surface area contributed by atoms with Gasteiger partial charge in [0.05, 0.1) is 5.92 Å². The van der Waals surface area contributed by atoms with Gasteiger partial charge in [0.15, 0.2) is 0 Å². The molecule has 1 unspecified atom stereocenters. The van der Waals surface area contributed by atoms with Crippen LogP contribution in [0.2, 0.25) is 0 Å². The first-order valence-electron chi connectivity index (χ1n) is 5.06. The van der Waals surface area contributed by atoms with Crippen LogP contribution < -0.4 is 5.73 Å². The molecule has 1 fully saturated rings. The van der Waals surface area contributed by atoms with Crippen molar-refractivity contribution < 1.29 is 9.90 Å². The van der Waals surface area contributed by atoms with E-state index >= 15 is 0 Å². The van der Waals surface area contributed by atoms with E-state index in [9.17, 15) is 4.79 Å². The summed E-state index contributed by atoms with van der Waals surface area (Å²) in [6, 6.07) is 0. The van der Waals surface area contributed by atoms with Gasteiger partial charge in [0.2, 0.25) is 0 Å². The molecule has 1 rings (SSSR count). The molecule has 0 aromatic carbocycles. The Labute approximate surface area is 79.3 Å². The number of carboxylic acids is 1. The Hall–Kier alpha value is -0.570. The van der Waals surface area contributed by atoms with Gasteiger partial charge in [-0.1, -0.05) is 13.3 Å². The van der Waals surface area contributed by atoms with Crippen molar-refractivity contribution in [2.45, 2.75) is 39.0 Å². The van der Waals surface area contributed by atoms with Crippen LogP contribution in [0, 0.1) is 11.3 Å². The molecular formula is C10H19NO2. The molecule has 3 N–H and O–H groups in total. The Morgan fingerprint density at radius 3 is 2.54 bits per heavy atom. The standard InChI is InChI=1S/C10H19NO2/c1-2-3-10(4-5-10)6-8(7-11)9(12)13/h8H,2-7,11H2,1H3,(H,12,13). The molecule has 76 valence electrons. The van der Waals surface area contributed by atoms with E-state index in [2.05, 4.69) is 6.92 Å². The van der Waals surface area contributed by atoms with Gasteiger partial charge in [-0.15, -0.1) is 0 Å². The predicted octanol–water partition coefficient (Wildman–Crippen LogP) is 1.62. The largest absolute Gasteiger partial charge is 0.481 e. The first-order chi connectivity index (χ1) is 6.13. The van der Waals surface area contributed by atoms with Crippen molar-refractivity contribution in [1.82, 2.24) is 0 Å². The van der Waals surface area contributed by atoms with Crippen LogP contribution in [0.25, 0.3) is 0 Å². The molecule has 3 nitrogen and oxygen atoms in total. The first kappa shape index (κ1) is 10.5. The lowest BCUT2D eigenvalue weighted by molar-refractivity contribution is -0.142. The van der Waals surface area contributed by atoms with Crippen LogP contribution in [-0.4, -0.2) is 17.6 Å². The molecule has 0 spiro atoms. The Morgan fingerprint density at radius 2 is 2.23 bits per heavy atom. The molecule has 0 aromatic rings. The third kappa shape index (κ3) is 2.69. The monoisotopic (exact) mass is 185 g/mol. The van der Waals surface area contributed by atoms with Crippen LogP contribution in [0.5, 0.6) is 0 Å². The molecule has 1 aliphatic carbocycles. The summed E-state index contributed by atoms with van der Waals surface area (Å²) >= 11 is 0. The maximum atomic E-state index is 10.8. The highest BCUT2D eigenvalue weighted by Gasteiger charge is 2.43. The van der Waals surface area contributed by atoms with Gasteiger partial charge >= 0.3 is 5.97 Å². The van der Waals surface area contributed by atoms with Gasteiger partial charge < -0.3 is 10.8 Å². The minimum absolute atomic E-state index is 0.279. The minimum Gasteiger partial charge on any atom is -0.481 e. The fourth-order valence-electron chi connectivity index (χ4n) is 2.06. The van der Waals surface area contributed by atoms with E-state index in [0.717, 1.165) is 19.3 Å². The molecule has 0 amide bonds. The Morgan fingerprint density at radius 1 is 1.62 bits per heavy atom. The van der Waals surface area contributed by atoms with Gasteiger partial charge in [-0.05, 0) is 31.1 Å². The van der Waals surface area contributed by atoms with Crippen molar-refractivity contribution in [3.05, 3.63) is 0 Å². The third-order valence-corrected chi connectivity index (χ3v) is 3.05. The molecule has 0 radical (unpaired) electrons. The molecule has 0 bridgehead atoms. The molecule has 0 heterocycles. The number of aliphatic carboxylic acids is 1. The smallest absolute Gasteiger partial charge is 0.307 e. The predicted molar refractivity (Wildman–Crippen MR) is 51.4 cm³/mol. The zero-order valence-corrected chi connectivity index (χ0v) is 8.25. The maximum absolute atomic E-state index is 10.8. The van der Waals surface area contributed by atoms with Crippen molar-refractivity contribution >= 4 is 5.97 Å². The van der Waals surface area contributed by atoms with E-state index in [0.29, 0.717) is 5.41 Å². The summed E-state index contributed by atoms with van der Waals surface area (Å²) in [5, 5.41) is 8.85. The number of hydrogen-bond acceptors (Lipinski definition) is 2. The molecule has 3 heteroatoms. The quantitative estimate of drug-likeness (QED) is 0.661. The van der Waals surface area contributed by atoms with Crippen LogP contribution in [0.4, 0.5) is 0 Å². The van der Waals surface area contributed by atoms with Crippen LogP contribution in [0.3, 0.4) is 0 Å². The van der Waals surface area contributed by atoms with Gasteiger partial charge in [-0.3, -0.25) is 4.79 Å². The van der Waals surface area contributed by atoms with Crippen molar-refractivity contribution in [2.75, 3.05) is 6.54 Å². The molecule has 0 saturated heterocycles. The first-order valence-corrected chi connectivity index (χ1v) is 5.06. The highest BCUT2D eigenvalue weighted by Crippen LogP contribution is 2.54. The second kappa shape index (κ2) is 4.09. The van der Waals surface area contributed by atoms with Gasteiger partial charge in [0, 0.05) is 6.54 Å². The molecule has 1 atom stereocenters. The molecule has 0 aliphatic heterocycles. The van der Waals surface area contributed by atoms with E-state index in [-0.39, 0.29) is 12.5 Å². The lowest BCUT2D eigenvalue weighted by Gasteiger charge is -2.18. The Kier molecular flexibility index (Phi) is 3.31. The fraction of sp³-hybridized carbons (Fsp3) is 0.900. The zero-order valence-electron chi connectivity index (χ0n) is 8.25. The van der Waals surface area contributed by atoms with Crippen molar-refractivity contribution in [1.29, 1.82) is 0 Å². The number of carbonyl (C=O) groups is 1. The number of carboxylic acid groups (broad SMARTS) is 1. The van der Waals surface area contributed by atoms with Crippen LogP contribution in [-0.2, 0) is 4.79 Å². The van der Waals surface area contributed by atoms with E-state index < -0.39 is 5.97 Å². The Bertz CT molecular complexity index is 187. The average molecular weight is 185 g/mol. The lowest BCUT2D eigenvalue weighted by Crippen LogP contribution is -2.26. The number of rotatable bonds is 6. The number of nitrogens with two attached hydrogens (primary N) is 1. The topological polar surface area (TPSA) is 63.3 Å². The van der Waals surface area contributed by atoms with E-state index in [1.165, 1.54) is 12.8 Å². The Balaban J connectivity index is 2.41. The van der Waals surface area contributed by atoms with Gasteiger partial charge in [0.25, 0.3) is 0 Å². The summed E-state index contributed by atoms with van der Waals surface area (Å²) in [4.78, 5) is 10.8. The normalized spacial score (nSPS) is 21.1. The second-order valence-electron chi connectivity index (χ2n) is 4.22. The second-order valence-corrected chi connectivity index (χ2v) is 4.22. The van der Waals surface area contributed by atoms with Gasteiger partial charge in [0.1, 0.15) is 0 Å². The van der Waals surface area contributed by atoms with Crippen molar-refractivity contribution in [3.63, 3.8) is 0 Å². The summed E-state index contributed by atoms with van der Waals surface area (Å²) in [7, 11) is 0. The van der Waals surface area contributed by atoms with Crippen LogP contribution >= 0.6 is 0 Å². The molecule has 0 aromatic heterocycles. The highest BCUT2D eigenvalue weighted by atomic mass is 16.4. The van der Waals surface area contributed by atoms with E-state index in [1.807, 2.05) is 0 Å². The lowest BCUT2D eigenvalue weighted by atomic mass is 9.88. The minimum atomic E-state index is -0.732. The third-order valence-electron chi connectivity index (χ3n) is 3.05. The van der Waals surface area contributed by atoms with Crippen molar-refractivity contribution in [2.24, 2.45) is 17.1 Å². The fourth-order valence-corrected chi connectivity index (χ4v) is 2.06. The molecule has 1 saturated carbocycles. The molecule has 1 aliphatic rings. The highest BCUT2D eigenvalue weighted by molar-refractivity contribution is 5.70. The zero-order chi connectivity index (χ0) is 9.90. The average Bonchev–Trinajstić information content (AvgIpc) is 2.82. The summed E-state index contributed by atoms with van der Waals surface area (Å²) in [6.07, 6.45) is 5.50. The summed E-state index contributed by atoms with van der Waals surface area (Å²) in [6.45, 7) is 2.43. The summed E-state index contributed by atoms with van der Waals surface area (Å²) < 4.78 is 0. The van der Waals surface area contributed by atoms with Crippen LogP contribution in [0.15, 0.2) is 0 Å². The maximum Gasteiger partial charge on any atom is 0.307 e. The van der Waals surface area contributed by atoms with E-state index in [4.69, 9.17) is 10.8 Å². The van der Waals surface area contributed by atoms with Gasteiger partial charge in [-0.25, -0.2) is 0 Å². The summed E-state index contributed by atoms with van der Waals surface area (Å²) in [5.74, 6) is -1.06. The molecule has 13 heavy (non-hydrogen) atoms. The van der Waals surface area contributed by atoms with Crippen molar-refractivity contribution in [3.8, 4) is 0 Å².